The van der Waals surface area contributed by atoms with Crippen LogP contribution in [-0.4, -0.2) is 10.3 Å². The predicted octanol–water partition coefficient (Wildman–Crippen LogP) is 4.48. The molecule has 0 saturated carbocycles. The summed E-state index contributed by atoms with van der Waals surface area (Å²) in [5.41, 5.74) is 3.90. The van der Waals surface area contributed by atoms with Crippen LogP contribution in [0, 0.1) is 13.8 Å². The van der Waals surface area contributed by atoms with Crippen LogP contribution in [0.2, 0.25) is 0 Å². The Morgan fingerprint density at radius 3 is 2.47 bits per heavy atom. The molecule has 0 aliphatic heterocycles. The summed E-state index contributed by atoms with van der Waals surface area (Å²) in [4.78, 5) is 4.54. The van der Waals surface area contributed by atoms with Gasteiger partial charge in [-0.05, 0) is 31.7 Å². The van der Waals surface area contributed by atoms with Crippen LogP contribution in [0.1, 0.15) is 27.7 Å². The average Bonchev–Trinajstić information content (AvgIpc) is 2.73. The summed E-state index contributed by atoms with van der Waals surface area (Å²) in [5, 5.41) is 4.29. The molecule has 0 fully saturated rings. The minimum atomic E-state index is 0.511. The van der Waals surface area contributed by atoms with E-state index < -0.39 is 0 Å². The third kappa shape index (κ3) is 3.39. The number of aryl methyl sites for hydroxylation is 2. The van der Waals surface area contributed by atoms with Gasteiger partial charge in [-0.2, -0.15) is 0 Å². The Bertz CT molecular complexity index is 475. The number of hydrogen-bond acceptors (Lipinski definition) is 2. The number of rotatable bonds is 4. The molecule has 0 N–H and O–H groups in total. The van der Waals surface area contributed by atoms with Gasteiger partial charge in [0.05, 0.1) is 10.7 Å². The molecule has 2 aromatic rings. The van der Waals surface area contributed by atoms with Crippen molar-refractivity contribution in [2.45, 2.75) is 26.2 Å². The molecule has 17 heavy (non-hydrogen) atoms. The second-order valence-electron chi connectivity index (χ2n) is 4.32. The van der Waals surface area contributed by atoms with Crippen LogP contribution in [0.3, 0.4) is 0 Å². The molecule has 0 bridgehead atoms. The van der Waals surface area contributed by atoms with Crippen LogP contribution in [0.15, 0.2) is 29.6 Å². The lowest BCUT2D eigenvalue weighted by molar-refractivity contribution is 0.758. The van der Waals surface area contributed by atoms with E-state index in [1.54, 1.807) is 11.3 Å². The zero-order chi connectivity index (χ0) is 12.3. The molecule has 90 valence electrons. The lowest BCUT2D eigenvalue weighted by Gasteiger charge is -2.13. The molecule has 1 atom stereocenters. The Balaban J connectivity index is 2.13. The molecule has 0 aliphatic rings. The van der Waals surface area contributed by atoms with Crippen molar-refractivity contribution < 1.29 is 0 Å². The first-order valence-electron chi connectivity index (χ1n) is 5.72. The molecule has 1 aromatic heterocycles. The first kappa shape index (κ1) is 12.8. The van der Waals surface area contributed by atoms with E-state index in [1.165, 1.54) is 16.8 Å². The Kier molecular flexibility index (Phi) is 4.35. The van der Waals surface area contributed by atoms with Crippen molar-refractivity contribution in [3.63, 3.8) is 0 Å². The maximum atomic E-state index is 4.54. The Labute approximate surface area is 115 Å². The highest BCUT2D eigenvalue weighted by atomic mass is 79.9. The minimum Gasteiger partial charge on any atom is -0.247 e. The lowest BCUT2D eigenvalue weighted by Crippen LogP contribution is -2.04. The van der Waals surface area contributed by atoms with Gasteiger partial charge in [0.1, 0.15) is 0 Å². The number of nitrogens with zero attached hydrogens (tertiary/aromatic N) is 1. The van der Waals surface area contributed by atoms with Gasteiger partial charge >= 0.3 is 0 Å². The smallest absolute Gasteiger partial charge is 0.0897 e. The van der Waals surface area contributed by atoms with Crippen molar-refractivity contribution in [2.75, 3.05) is 5.33 Å². The zero-order valence-corrected chi connectivity index (χ0v) is 12.5. The van der Waals surface area contributed by atoms with E-state index >= 15 is 0 Å². The van der Waals surface area contributed by atoms with Gasteiger partial charge in [0.15, 0.2) is 0 Å². The average molecular weight is 310 g/mol. The molecule has 0 saturated heterocycles. The summed E-state index contributed by atoms with van der Waals surface area (Å²) in [6, 6.07) is 8.80. The Morgan fingerprint density at radius 2 is 1.94 bits per heavy atom. The molecule has 0 aliphatic carbocycles. The summed E-state index contributed by atoms with van der Waals surface area (Å²) in [6.07, 6.45) is 1.01. The fourth-order valence-corrected chi connectivity index (χ4v) is 3.08. The fraction of sp³-hybridized carbons (Fsp3) is 0.357. The van der Waals surface area contributed by atoms with Crippen LogP contribution in [-0.2, 0) is 6.42 Å². The predicted molar refractivity (Wildman–Crippen MR) is 78.3 cm³/mol. The van der Waals surface area contributed by atoms with E-state index in [0.717, 1.165) is 16.8 Å². The molecule has 1 heterocycles. The first-order chi connectivity index (χ1) is 8.19. The van der Waals surface area contributed by atoms with Crippen LogP contribution >= 0.6 is 27.3 Å². The van der Waals surface area contributed by atoms with Crippen molar-refractivity contribution in [3.8, 4) is 0 Å². The highest BCUT2D eigenvalue weighted by Crippen LogP contribution is 2.24. The topological polar surface area (TPSA) is 12.9 Å². The standard InChI is InChI=1S/C14H16BrNS/c1-10-3-5-12(6-4-10)13(8-15)7-14-9-17-11(2)16-14/h3-6,9,13H,7-8H2,1-2H3. The van der Waals surface area contributed by atoms with E-state index in [0.29, 0.717) is 5.92 Å². The molecule has 2 rings (SSSR count). The number of alkyl halides is 1. The van der Waals surface area contributed by atoms with E-state index in [4.69, 9.17) is 0 Å². The van der Waals surface area contributed by atoms with Crippen molar-refractivity contribution in [3.05, 3.63) is 51.5 Å². The van der Waals surface area contributed by atoms with Gasteiger partial charge in [0, 0.05) is 10.7 Å². The maximum Gasteiger partial charge on any atom is 0.0897 e. The monoisotopic (exact) mass is 309 g/mol. The van der Waals surface area contributed by atoms with Gasteiger partial charge in [-0.1, -0.05) is 45.8 Å². The Morgan fingerprint density at radius 1 is 1.24 bits per heavy atom. The molecule has 1 unspecified atom stereocenters. The van der Waals surface area contributed by atoms with Crippen molar-refractivity contribution in [1.82, 2.24) is 4.98 Å². The highest BCUT2D eigenvalue weighted by molar-refractivity contribution is 9.09. The summed E-state index contributed by atoms with van der Waals surface area (Å²) in [5.74, 6) is 0.511. The van der Waals surface area contributed by atoms with Gasteiger partial charge in [-0.25, -0.2) is 4.98 Å². The molecule has 1 aromatic carbocycles. The van der Waals surface area contributed by atoms with Gasteiger partial charge in [0.2, 0.25) is 0 Å². The van der Waals surface area contributed by atoms with Gasteiger partial charge in [-0.3, -0.25) is 0 Å². The molecule has 0 radical (unpaired) electrons. The van der Waals surface area contributed by atoms with E-state index in [1.807, 2.05) is 0 Å². The maximum absolute atomic E-state index is 4.54. The third-order valence-electron chi connectivity index (χ3n) is 2.86. The number of benzene rings is 1. The van der Waals surface area contributed by atoms with Crippen LogP contribution in [0.4, 0.5) is 0 Å². The fourth-order valence-electron chi connectivity index (χ4n) is 1.85. The van der Waals surface area contributed by atoms with E-state index in [9.17, 15) is 0 Å². The van der Waals surface area contributed by atoms with Crippen molar-refractivity contribution in [2.24, 2.45) is 0 Å². The zero-order valence-electron chi connectivity index (χ0n) is 10.1. The molecular weight excluding hydrogens is 294 g/mol. The number of aromatic nitrogens is 1. The molecule has 3 heteroatoms. The number of thiazole rings is 1. The summed E-state index contributed by atoms with van der Waals surface area (Å²) in [6.45, 7) is 4.18. The highest BCUT2D eigenvalue weighted by Gasteiger charge is 2.12. The van der Waals surface area contributed by atoms with Crippen molar-refractivity contribution >= 4 is 27.3 Å². The largest absolute Gasteiger partial charge is 0.247 e. The number of halogens is 1. The lowest BCUT2D eigenvalue weighted by atomic mass is 9.96. The van der Waals surface area contributed by atoms with Crippen LogP contribution in [0.5, 0.6) is 0 Å². The summed E-state index contributed by atoms with van der Waals surface area (Å²) < 4.78 is 0. The van der Waals surface area contributed by atoms with E-state index in [-0.39, 0.29) is 0 Å². The van der Waals surface area contributed by atoms with Gasteiger partial charge in [0.25, 0.3) is 0 Å². The van der Waals surface area contributed by atoms with Gasteiger partial charge in [-0.15, -0.1) is 11.3 Å². The third-order valence-corrected chi connectivity index (χ3v) is 4.46. The first-order valence-corrected chi connectivity index (χ1v) is 7.72. The van der Waals surface area contributed by atoms with Gasteiger partial charge < -0.3 is 0 Å². The van der Waals surface area contributed by atoms with E-state index in [2.05, 4.69) is 64.4 Å². The second kappa shape index (κ2) is 5.78. The number of hydrogen-bond donors (Lipinski definition) is 0. The molecule has 0 spiro atoms. The second-order valence-corrected chi connectivity index (χ2v) is 6.03. The Hall–Kier alpha value is -0.670. The molecule has 0 amide bonds. The SMILES string of the molecule is Cc1ccc(C(CBr)Cc2csc(C)n2)cc1. The molecule has 1 nitrogen and oxygen atoms in total. The summed E-state index contributed by atoms with van der Waals surface area (Å²) in [7, 11) is 0. The summed E-state index contributed by atoms with van der Waals surface area (Å²) >= 11 is 5.34. The minimum absolute atomic E-state index is 0.511. The van der Waals surface area contributed by atoms with Crippen molar-refractivity contribution in [1.29, 1.82) is 0 Å². The van der Waals surface area contributed by atoms with Crippen LogP contribution in [0.25, 0.3) is 0 Å². The quantitative estimate of drug-likeness (QED) is 0.759. The normalized spacial score (nSPS) is 12.6. The van der Waals surface area contributed by atoms with Crippen LogP contribution < -0.4 is 0 Å². The molecular formula is C14H16BrNS.